The largest absolute Gasteiger partial charge is 0.462 e. The molecule has 0 aliphatic heterocycles. The SMILES string of the molecule is CCOC(=O)c1cncnc1CP(=O)(OCC)OCC. The van der Waals surface area contributed by atoms with Gasteiger partial charge in [-0.05, 0) is 20.8 Å². The molecule has 0 amide bonds. The number of aromatic nitrogens is 2. The Morgan fingerprint density at radius 2 is 1.85 bits per heavy atom. The first-order chi connectivity index (χ1) is 9.56. The maximum absolute atomic E-state index is 12.5. The predicted molar refractivity (Wildman–Crippen MR) is 72.6 cm³/mol. The van der Waals surface area contributed by atoms with Crippen LogP contribution in [-0.2, 0) is 24.5 Å². The number of ether oxygens (including phenoxy) is 1. The number of hydrogen-bond donors (Lipinski definition) is 0. The molecule has 0 aromatic carbocycles. The molecule has 0 saturated heterocycles. The Kier molecular flexibility index (Phi) is 6.78. The molecule has 8 heteroatoms. The molecule has 0 fully saturated rings. The minimum atomic E-state index is -3.32. The zero-order valence-electron chi connectivity index (χ0n) is 11.9. The van der Waals surface area contributed by atoms with E-state index in [-0.39, 0.29) is 31.5 Å². The van der Waals surface area contributed by atoms with Gasteiger partial charge in [-0.1, -0.05) is 0 Å². The van der Waals surface area contributed by atoms with Gasteiger partial charge >= 0.3 is 13.6 Å². The van der Waals surface area contributed by atoms with Crippen molar-refractivity contribution in [1.29, 1.82) is 0 Å². The van der Waals surface area contributed by atoms with Crippen molar-refractivity contribution in [2.45, 2.75) is 26.9 Å². The fourth-order valence-electron chi connectivity index (χ4n) is 1.57. The molecule has 0 N–H and O–H groups in total. The van der Waals surface area contributed by atoms with Crippen molar-refractivity contribution >= 4 is 13.6 Å². The highest BCUT2D eigenvalue weighted by atomic mass is 31.2. The van der Waals surface area contributed by atoms with Crippen molar-refractivity contribution < 1.29 is 23.1 Å². The second-order valence-corrected chi connectivity index (χ2v) is 5.76. The molecule has 0 aliphatic rings. The minimum absolute atomic E-state index is 0.0919. The first-order valence-electron chi connectivity index (χ1n) is 6.40. The lowest BCUT2D eigenvalue weighted by molar-refractivity contribution is 0.0524. The van der Waals surface area contributed by atoms with Crippen molar-refractivity contribution in [3.63, 3.8) is 0 Å². The summed E-state index contributed by atoms with van der Waals surface area (Å²) >= 11 is 0. The van der Waals surface area contributed by atoms with Crippen LogP contribution in [0.2, 0.25) is 0 Å². The summed E-state index contributed by atoms with van der Waals surface area (Å²) in [7, 11) is -3.32. The molecular weight excluding hydrogens is 283 g/mol. The highest BCUT2D eigenvalue weighted by Gasteiger charge is 2.28. The molecule has 1 aromatic heterocycles. The van der Waals surface area contributed by atoms with Gasteiger partial charge < -0.3 is 13.8 Å². The van der Waals surface area contributed by atoms with Crippen molar-refractivity contribution in [1.82, 2.24) is 9.97 Å². The third-order valence-electron chi connectivity index (χ3n) is 2.29. The van der Waals surface area contributed by atoms with Gasteiger partial charge in [0.1, 0.15) is 11.9 Å². The summed E-state index contributed by atoms with van der Waals surface area (Å²) in [6.45, 7) is 5.87. The van der Waals surface area contributed by atoms with Crippen molar-refractivity contribution in [2.75, 3.05) is 19.8 Å². The zero-order chi connectivity index (χ0) is 15.0. The second kappa shape index (κ2) is 8.09. The molecule has 7 nitrogen and oxygen atoms in total. The molecule has 112 valence electrons. The van der Waals surface area contributed by atoms with Gasteiger partial charge in [-0.3, -0.25) is 4.57 Å². The van der Waals surface area contributed by atoms with E-state index in [1.165, 1.54) is 12.5 Å². The number of carbonyl (C=O) groups excluding carboxylic acids is 1. The van der Waals surface area contributed by atoms with Crippen molar-refractivity contribution in [3.8, 4) is 0 Å². The van der Waals surface area contributed by atoms with E-state index < -0.39 is 13.6 Å². The molecule has 0 saturated carbocycles. The fourth-order valence-corrected chi connectivity index (χ4v) is 3.23. The summed E-state index contributed by atoms with van der Waals surface area (Å²) in [4.78, 5) is 19.6. The summed E-state index contributed by atoms with van der Waals surface area (Å²) in [6, 6.07) is 0. The van der Waals surface area contributed by atoms with E-state index in [0.717, 1.165) is 0 Å². The molecule has 0 unspecified atom stereocenters. The van der Waals surface area contributed by atoms with Crippen LogP contribution in [0.25, 0.3) is 0 Å². The Labute approximate surface area is 118 Å². The number of hydrogen-bond acceptors (Lipinski definition) is 7. The third-order valence-corrected chi connectivity index (χ3v) is 4.28. The van der Waals surface area contributed by atoms with E-state index in [9.17, 15) is 9.36 Å². The standard InChI is InChI=1S/C12H19N2O5P/c1-4-17-12(15)10-7-13-9-14-11(10)8-20(16,18-5-2)19-6-3/h7,9H,4-6,8H2,1-3H3. The quantitative estimate of drug-likeness (QED) is 0.538. The molecule has 0 radical (unpaired) electrons. The maximum atomic E-state index is 12.5. The minimum Gasteiger partial charge on any atom is -0.462 e. The first kappa shape index (κ1) is 16.8. The van der Waals surface area contributed by atoms with E-state index in [1.807, 2.05) is 0 Å². The van der Waals surface area contributed by atoms with Crippen LogP contribution in [0, 0.1) is 0 Å². The van der Waals surface area contributed by atoms with E-state index >= 15 is 0 Å². The summed E-state index contributed by atoms with van der Waals surface area (Å²) in [5.74, 6) is -0.553. The average Bonchev–Trinajstić information content (AvgIpc) is 2.40. The van der Waals surface area contributed by atoms with Crippen LogP contribution in [-0.4, -0.2) is 35.8 Å². The highest BCUT2D eigenvalue weighted by Crippen LogP contribution is 2.51. The van der Waals surface area contributed by atoms with Crippen molar-refractivity contribution in [3.05, 3.63) is 23.8 Å². The van der Waals surface area contributed by atoms with E-state index in [1.54, 1.807) is 20.8 Å². The van der Waals surface area contributed by atoms with Gasteiger partial charge in [0, 0.05) is 6.20 Å². The van der Waals surface area contributed by atoms with Crippen LogP contribution in [0.5, 0.6) is 0 Å². The van der Waals surface area contributed by atoms with Crippen molar-refractivity contribution in [2.24, 2.45) is 0 Å². The molecule has 0 bridgehead atoms. The Hall–Kier alpha value is -1.30. The summed E-state index contributed by atoms with van der Waals surface area (Å²) < 4.78 is 27.7. The van der Waals surface area contributed by atoms with Crippen LogP contribution in [0.3, 0.4) is 0 Å². The number of rotatable bonds is 8. The molecule has 0 aliphatic carbocycles. The predicted octanol–water partition coefficient (Wildman–Crippen LogP) is 2.42. The van der Waals surface area contributed by atoms with Gasteiger partial charge in [0.15, 0.2) is 0 Å². The molecule has 0 spiro atoms. The molecule has 20 heavy (non-hydrogen) atoms. The zero-order valence-corrected chi connectivity index (χ0v) is 12.8. The topological polar surface area (TPSA) is 87.6 Å². The molecule has 1 heterocycles. The third kappa shape index (κ3) is 4.67. The lowest BCUT2D eigenvalue weighted by Crippen LogP contribution is -2.11. The van der Waals surface area contributed by atoms with Gasteiger partial charge in [0.2, 0.25) is 0 Å². The smallest absolute Gasteiger partial charge is 0.341 e. The fraction of sp³-hybridized carbons (Fsp3) is 0.583. The van der Waals surface area contributed by atoms with Crippen LogP contribution < -0.4 is 0 Å². The Morgan fingerprint density at radius 3 is 2.40 bits per heavy atom. The Morgan fingerprint density at radius 1 is 1.20 bits per heavy atom. The van der Waals surface area contributed by atoms with E-state index in [0.29, 0.717) is 5.69 Å². The van der Waals surface area contributed by atoms with Gasteiger partial charge in [-0.2, -0.15) is 0 Å². The second-order valence-electron chi connectivity index (χ2n) is 3.71. The van der Waals surface area contributed by atoms with E-state index in [2.05, 4.69) is 9.97 Å². The van der Waals surface area contributed by atoms with Gasteiger partial charge in [-0.25, -0.2) is 14.8 Å². The van der Waals surface area contributed by atoms with Crippen LogP contribution in [0.15, 0.2) is 12.5 Å². The van der Waals surface area contributed by atoms with E-state index in [4.69, 9.17) is 13.8 Å². The average molecular weight is 302 g/mol. The monoisotopic (exact) mass is 302 g/mol. The summed E-state index contributed by atoms with van der Waals surface area (Å²) in [6.07, 6.45) is 2.52. The summed E-state index contributed by atoms with van der Waals surface area (Å²) in [5, 5.41) is 0. The van der Waals surface area contributed by atoms with Gasteiger partial charge in [-0.15, -0.1) is 0 Å². The van der Waals surface area contributed by atoms with Gasteiger partial charge in [0.05, 0.1) is 31.7 Å². The lowest BCUT2D eigenvalue weighted by atomic mass is 10.2. The van der Waals surface area contributed by atoms with Crippen LogP contribution in [0.4, 0.5) is 0 Å². The first-order valence-corrected chi connectivity index (χ1v) is 8.13. The highest BCUT2D eigenvalue weighted by molar-refractivity contribution is 7.53. The number of nitrogens with zero attached hydrogens (tertiary/aromatic N) is 2. The molecule has 0 atom stereocenters. The van der Waals surface area contributed by atoms with Gasteiger partial charge in [0.25, 0.3) is 0 Å². The Balaban J connectivity index is 3.01. The normalized spacial score (nSPS) is 11.3. The molecule has 1 rings (SSSR count). The summed E-state index contributed by atoms with van der Waals surface area (Å²) in [5.41, 5.74) is 0.470. The maximum Gasteiger partial charge on any atom is 0.341 e. The van der Waals surface area contributed by atoms with Crippen LogP contribution >= 0.6 is 7.60 Å². The Bertz CT molecular complexity index is 484. The number of carbonyl (C=O) groups is 1. The molecule has 1 aromatic rings. The number of esters is 1. The molecular formula is C12H19N2O5P. The lowest BCUT2D eigenvalue weighted by Gasteiger charge is -2.17. The van der Waals surface area contributed by atoms with Crippen LogP contribution in [0.1, 0.15) is 36.8 Å².